The van der Waals surface area contributed by atoms with Crippen molar-refractivity contribution in [3.05, 3.63) is 65.7 Å². The molecule has 0 radical (unpaired) electrons. The number of hydrogen-bond acceptors (Lipinski definition) is 1. The average molecular weight is 355 g/mol. The number of halogens is 3. The van der Waals surface area contributed by atoms with E-state index in [1.165, 1.54) is 17.8 Å². The highest BCUT2D eigenvalue weighted by Crippen LogP contribution is 2.46. The van der Waals surface area contributed by atoms with Crippen molar-refractivity contribution in [3.8, 4) is 11.3 Å². The van der Waals surface area contributed by atoms with Gasteiger partial charge in [0.1, 0.15) is 0 Å². The molecular weight excluding hydrogens is 343 g/mol. The Balaban J connectivity index is 1.78. The molecule has 1 aromatic heterocycles. The highest BCUT2D eigenvalue weighted by atomic mass is 32.2. The zero-order chi connectivity index (χ0) is 17.2. The molecule has 1 nitrogen and oxygen atoms in total. The first-order chi connectivity index (χ1) is 12.0. The van der Waals surface area contributed by atoms with Gasteiger partial charge in [0.05, 0.1) is 16.8 Å². The molecule has 0 saturated carbocycles. The molecule has 1 aliphatic heterocycles. The van der Waals surface area contributed by atoms with Crippen molar-refractivity contribution in [2.24, 2.45) is 0 Å². The molecule has 0 aliphatic carbocycles. The Bertz CT molecular complexity index is 1140. The van der Waals surface area contributed by atoms with Crippen LogP contribution in [0.1, 0.15) is 11.1 Å². The zero-order valence-corrected chi connectivity index (χ0v) is 13.8. The van der Waals surface area contributed by atoms with Crippen molar-refractivity contribution in [2.45, 2.75) is 16.8 Å². The van der Waals surface area contributed by atoms with Crippen LogP contribution in [0.3, 0.4) is 0 Å². The van der Waals surface area contributed by atoms with E-state index in [9.17, 15) is 13.2 Å². The third kappa shape index (κ3) is 2.19. The number of rotatable bonds is 0. The molecule has 0 spiro atoms. The normalized spacial score (nSPS) is 13.9. The van der Waals surface area contributed by atoms with E-state index in [-0.39, 0.29) is 0 Å². The summed E-state index contributed by atoms with van der Waals surface area (Å²) in [5, 5.41) is 3.42. The maximum atomic E-state index is 13.0. The molecule has 0 atom stereocenters. The quantitative estimate of drug-likeness (QED) is 0.375. The minimum atomic E-state index is -4.31. The standard InChI is InChI=1S/C20H12F3NS/c21-20(22,23)12-6-8-15-17(9-12)25-10-16-14-7-5-11-3-1-2-4-13(11)18(14)24-19(15)16/h1-9,24H,10H2. The van der Waals surface area contributed by atoms with Crippen molar-refractivity contribution in [3.63, 3.8) is 0 Å². The summed E-state index contributed by atoms with van der Waals surface area (Å²) < 4.78 is 38.9. The molecule has 124 valence electrons. The van der Waals surface area contributed by atoms with Gasteiger partial charge in [-0.2, -0.15) is 13.2 Å². The smallest absolute Gasteiger partial charge is 0.354 e. The van der Waals surface area contributed by atoms with Gasteiger partial charge in [0.15, 0.2) is 0 Å². The molecule has 2 heterocycles. The fraction of sp³-hybridized carbons (Fsp3) is 0.100. The van der Waals surface area contributed by atoms with Crippen LogP contribution in [0.15, 0.2) is 59.5 Å². The van der Waals surface area contributed by atoms with Gasteiger partial charge >= 0.3 is 6.18 Å². The maximum Gasteiger partial charge on any atom is 0.416 e. The summed E-state index contributed by atoms with van der Waals surface area (Å²) in [4.78, 5) is 4.16. The van der Waals surface area contributed by atoms with Crippen LogP contribution >= 0.6 is 11.8 Å². The van der Waals surface area contributed by atoms with E-state index >= 15 is 0 Å². The molecule has 1 aliphatic rings. The van der Waals surface area contributed by atoms with Crippen LogP contribution in [0.2, 0.25) is 0 Å². The van der Waals surface area contributed by atoms with Crippen LogP contribution in [0.25, 0.3) is 32.9 Å². The Morgan fingerprint density at radius 3 is 2.60 bits per heavy atom. The van der Waals surface area contributed by atoms with Gasteiger partial charge in [-0.05, 0) is 23.1 Å². The van der Waals surface area contributed by atoms with Crippen LogP contribution in [-0.2, 0) is 11.9 Å². The largest absolute Gasteiger partial charge is 0.416 e. The van der Waals surface area contributed by atoms with E-state index in [0.717, 1.165) is 44.6 Å². The molecule has 0 unspecified atom stereocenters. The molecule has 4 aromatic rings. The van der Waals surface area contributed by atoms with Crippen LogP contribution in [0, 0.1) is 0 Å². The Kier molecular flexibility index (Phi) is 3.01. The summed E-state index contributed by atoms with van der Waals surface area (Å²) in [5.74, 6) is 0.669. The molecule has 0 fully saturated rings. The fourth-order valence-electron chi connectivity index (χ4n) is 3.55. The Hall–Kier alpha value is -2.40. The number of benzene rings is 3. The predicted molar refractivity (Wildman–Crippen MR) is 95.8 cm³/mol. The van der Waals surface area contributed by atoms with Crippen molar-refractivity contribution < 1.29 is 13.2 Å². The summed E-state index contributed by atoms with van der Waals surface area (Å²) in [7, 11) is 0. The van der Waals surface area contributed by atoms with Crippen molar-refractivity contribution in [2.75, 3.05) is 0 Å². The minimum Gasteiger partial charge on any atom is -0.354 e. The minimum absolute atomic E-state index is 0.594. The van der Waals surface area contributed by atoms with Crippen LogP contribution in [-0.4, -0.2) is 4.98 Å². The van der Waals surface area contributed by atoms with E-state index in [0.29, 0.717) is 10.6 Å². The van der Waals surface area contributed by atoms with Gasteiger partial charge in [0, 0.05) is 27.0 Å². The Morgan fingerprint density at radius 1 is 0.920 bits per heavy atom. The second kappa shape index (κ2) is 5.05. The summed E-state index contributed by atoms with van der Waals surface area (Å²) in [5.41, 5.74) is 3.41. The van der Waals surface area contributed by atoms with Gasteiger partial charge < -0.3 is 4.98 Å². The molecule has 0 saturated heterocycles. The summed E-state index contributed by atoms with van der Waals surface area (Å²) >= 11 is 1.47. The molecular formula is C20H12F3NS. The van der Waals surface area contributed by atoms with Crippen LogP contribution in [0.5, 0.6) is 0 Å². The predicted octanol–water partition coefficient (Wildman–Crippen LogP) is 6.61. The SMILES string of the molecule is FC(F)(F)c1ccc2c(c1)SCc1c-2[nH]c2c1ccc1ccccc12. The van der Waals surface area contributed by atoms with Crippen molar-refractivity contribution >= 4 is 33.4 Å². The number of thioether (sulfide) groups is 1. The topological polar surface area (TPSA) is 15.8 Å². The number of H-pyrrole nitrogens is 1. The van der Waals surface area contributed by atoms with Crippen LogP contribution in [0.4, 0.5) is 13.2 Å². The molecule has 1 N–H and O–H groups in total. The molecule has 3 aromatic carbocycles. The first kappa shape index (κ1) is 14.9. The third-order valence-corrected chi connectivity index (χ3v) is 5.84. The number of hydrogen-bond donors (Lipinski definition) is 1. The Morgan fingerprint density at radius 2 is 1.76 bits per heavy atom. The number of alkyl halides is 3. The lowest BCUT2D eigenvalue weighted by Crippen LogP contribution is -2.06. The number of aromatic amines is 1. The second-order valence-corrected chi connectivity index (χ2v) is 7.20. The van der Waals surface area contributed by atoms with Gasteiger partial charge in [0.2, 0.25) is 0 Å². The van der Waals surface area contributed by atoms with E-state index in [4.69, 9.17) is 0 Å². The van der Waals surface area contributed by atoms with E-state index < -0.39 is 11.7 Å². The van der Waals surface area contributed by atoms with Gasteiger partial charge in [-0.3, -0.25) is 0 Å². The molecule has 0 bridgehead atoms. The van der Waals surface area contributed by atoms with Gasteiger partial charge in [-0.15, -0.1) is 11.8 Å². The average Bonchev–Trinajstić information content (AvgIpc) is 3.00. The molecule has 5 heteroatoms. The summed E-state index contributed by atoms with van der Waals surface area (Å²) in [6.45, 7) is 0. The van der Waals surface area contributed by atoms with E-state index in [1.807, 2.05) is 12.1 Å². The van der Waals surface area contributed by atoms with E-state index in [2.05, 4.69) is 29.2 Å². The van der Waals surface area contributed by atoms with Crippen molar-refractivity contribution in [1.82, 2.24) is 4.98 Å². The molecule has 5 rings (SSSR count). The highest BCUT2D eigenvalue weighted by Gasteiger charge is 2.32. The lowest BCUT2D eigenvalue weighted by atomic mass is 10.0. The lowest BCUT2D eigenvalue weighted by molar-refractivity contribution is -0.137. The first-order valence-corrected chi connectivity index (χ1v) is 8.87. The first-order valence-electron chi connectivity index (χ1n) is 7.89. The van der Waals surface area contributed by atoms with E-state index in [1.54, 1.807) is 6.07 Å². The monoisotopic (exact) mass is 355 g/mol. The number of nitrogens with one attached hydrogen (secondary N) is 1. The van der Waals surface area contributed by atoms with Gasteiger partial charge in [0.25, 0.3) is 0 Å². The Labute approximate surface area is 145 Å². The number of fused-ring (bicyclic) bond motifs is 7. The fourth-order valence-corrected chi connectivity index (χ4v) is 4.68. The maximum absolute atomic E-state index is 13.0. The second-order valence-electron chi connectivity index (χ2n) is 6.19. The number of aromatic nitrogens is 1. The van der Waals surface area contributed by atoms with Gasteiger partial charge in [-0.1, -0.05) is 42.5 Å². The molecule has 0 amide bonds. The lowest BCUT2D eigenvalue weighted by Gasteiger charge is -2.18. The highest BCUT2D eigenvalue weighted by molar-refractivity contribution is 7.98. The molecule has 25 heavy (non-hydrogen) atoms. The third-order valence-electron chi connectivity index (χ3n) is 4.76. The zero-order valence-electron chi connectivity index (χ0n) is 12.9. The summed E-state index contributed by atoms with van der Waals surface area (Å²) in [6.07, 6.45) is -4.31. The van der Waals surface area contributed by atoms with Gasteiger partial charge in [-0.25, -0.2) is 0 Å². The summed E-state index contributed by atoms with van der Waals surface area (Å²) in [6, 6.07) is 16.3. The van der Waals surface area contributed by atoms with Crippen LogP contribution < -0.4 is 0 Å². The van der Waals surface area contributed by atoms with Crippen molar-refractivity contribution in [1.29, 1.82) is 0 Å².